The molecule has 0 saturated carbocycles. The first kappa shape index (κ1) is 5.83. The molecular formula is C6H7N3. The Morgan fingerprint density at radius 2 is 2.67 bits per heavy atom. The van der Waals surface area contributed by atoms with Gasteiger partial charge in [0.2, 0.25) is 0 Å². The van der Waals surface area contributed by atoms with Crippen molar-refractivity contribution in [1.29, 1.82) is 0 Å². The SMILES string of the molecule is C#CCCc1ncn[nH]1. The lowest BCUT2D eigenvalue weighted by Gasteiger charge is -1.84. The summed E-state index contributed by atoms with van der Waals surface area (Å²) in [6.07, 6.45) is 8.02. The highest BCUT2D eigenvalue weighted by Crippen LogP contribution is 1.89. The van der Waals surface area contributed by atoms with Crippen molar-refractivity contribution >= 4 is 0 Å². The fourth-order valence-corrected chi connectivity index (χ4v) is 0.542. The van der Waals surface area contributed by atoms with Gasteiger partial charge in [-0.2, -0.15) is 5.10 Å². The minimum atomic E-state index is 0.717. The van der Waals surface area contributed by atoms with Crippen LogP contribution < -0.4 is 0 Å². The third-order valence-electron chi connectivity index (χ3n) is 0.971. The lowest BCUT2D eigenvalue weighted by molar-refractivity contribution is 0.899. The quantitative estimate of drug-likeness (QED) is 0.574. The smallest absolute Gasteiger partial charge is 0.137 e. The predicted octanol–water partition coefficient (Wildman–Crippen LogP) is 0.370. The van der Waals surface area contributed by atoms with Gasteiger partial charge in [0.1, 0.15) is 12.2 Å². The van der Waals surface area contributed by atoms with Gasteiger partial charge in [-0.1, -0.05) is 0 Å². The molecule has 0 radical (unpaired) electrons. The summed E-state index contributed by atoms with van der Waals surface area (Å²) in [5.41, 5.74) is 0. The number of nitrogens with one attached hydrogen (secondary N) is 1. The maximum atomic E-state index is 5.03. The highest BCUT2D eigenvalue weighted by molar-refractivity contribution is 4.90. The molecule has 0 saturated heterocycles. The standard InChI is InChI=1S/C6H7N3/c1-2-3-4-6-7-5-8-9-6/h1,5H,3-4H2,(H,7,8,9). The van der Waals surface area contributed by atoms with E-state index in [0.29, 0.717) is 0 Å². The van der Waals surface area contributed by atoms with Crippen molar-refractivity contribution < 1.29 is 0 Å². The number of aromatic amines is 1. The average molecular weight is 121 g/mol. The summed E-state index contributed by atoms with van der Waals surface area (Å²) in [5, 5.41) is 6.39. The van der Waals surface area contributed by atoms with Crippen LogP contribution in [0.4, 0.5) is 0 Å². The molecule has 1 aromatic heterocycles. The van der Waals surface area contributed by atoms with Gasteiger partial charge in [0.05, 0.1) is 0 Å². The Morgan fingerprint density at radius 3 is 3.22 bits per heavy atom. The Kier molecular flexibility index (Phi) is 1.86. The van der Waals surface area contributed by atoms with Gasteiger partial charge in [-0.05, 0) is 0 Å². The largest absolute Gasteiger partial charge is 0.263 e. The number of nitrogens with zero attached hydrogens (tertiary/aromatic N) is 2. The summed E-state index contributed by atoms with van der Waals surface area (Å²) in [5.74, 6) is 3.37. The summed E-state index contributed by atoms with van der Waals surface area (Å²) >= 11 is 0. The Labute approximate surface area is 53.5 Å². The van der Waals surface area contributed by atoms with Gasteiger partial charge in [-0.3, -0.25) is 5.10 Å². The molecule has 0 fully saturated rings. The summed E-state index contributed by atoms with van der Waals surface area (Å²) in [6, 6.07) is 0. The van der Waals surface area contributed by atoms with Gasteiger partial charge in [0.15, 0.2) is 0 Å². The Bertz CT molecular complexity index is 195. The third kappa shape index (κ3) is 1.57. The van der Waals surface area contributed by atoms with E-state index < -0.39 is 0 Å². The first-order chi connectivity index (χ1) is 4.43. The molecule has 1 N–H and O–H groups in total. The van der Waals surface area contributed by atoms with E-state index >= 15 is 0 Å². The summed E-state index contributed by atoms with van der Waals surface area (Å²) in [7, 11) is 0. The Balaban J connectivity index is 2.41. The highest BCUT2D eigenvalue weighted by Gasteiger charge is 1.90. The number of terminal acetylenes is 1. The van der Waals surface area contributed by atoms with E-state index in [-0.39, 0.29) is 0 Å². The van der Waals surface area contributed by atoms with E-state index in [2.05, 4.69) is 21.1 Å². The van der Waals surface area contributed by atoms with Crippen molar-refractivity contribution in [1.82, 2.24) is 15.2 Å². The monoisotopic (exact) mass is 121 g/mol. The second-order valence-corrected chi connectivity index (χ2v) is 1.64. The predicted molar refractivity (Wildman–Crippen MR) is 33.5 cm³/mol. The van der Waals surface area contributed by atoms with Crippen LogP contribution in [0.5, 0.6) is 0 Å². The molecule has 0 atom stereocenters. The topological polar surface area (TPSA) is 41.6 Å². The normalized spacial score (nSPS) is 8.78. The number of aromatic nitrogens is 3. The van der Waals surface area contributed by atoms with E-state index in [1.807, 2.05) is 0 Å². The zero-order chi connectivity index (χ0) is 6.53. The van der Waals surface area contributed by atoms with Crippen LogP contribution in [0.2, 0.25) is 0 Å². The minimum Gasteiger partial charge on any atom is -0.263 e. The second kappa shape index (κ2) is 2.88. The molecule has 1 aromatic rings. The first-order valence-corrected chi connectivity index (χ1v) is 2.71. The van der Waals surface area contributed by atoms with Crippen molar-refractivity contribution in [3.8, 4) is 12.3 Å². The number of hydrogen-bond donors (Lipinski definition) is 1. The molecule has 0 spiro atoms. The van der Waals surface area contributed by atoms with Gasteiger partial charge < -0.3 is 0 Å². The van der Waals surface area contributed by atoms with Crippen LogP contribution in [0, 0.1) is 12.3 Å². The van der Waals surface area contributed by atoms with E-state index in [0.717, 1.165) is 18.7 Å². The van der Waals surface area contributed by atoms with Gasteiger partial charge in [-0.15, -0.1) is 12.3 Å². The maximum absolute atomic E-state index is 5.03. The van der Waals surface area contributed by atoms with Crippen LogP contribution in [-0.4, -0.2) is 15.2 Å². The average Bonchev–Trinajstić information content (AvgIpc) is 2.34. The van der Waals surface area contributed by atoms with Gasteiger partial charge >= 0.3 is 0 Å². The zero-order valence-corrected chi connectivity index (χ0v) is 4.96. The summed E-state index contributed by atoms with van der Waals surface area (Å²) in [4.78, 5) is 3.89. The molecule has 0 aliphatic heterocycles. The molecule has 46 valence electrons. The fraction of sp³-hybridized carbons (Fsp3) is 0.333. The first-order valence-electron chi connectivity index (χ1n) is 2.71. The molecule has 1 rings (SSSR count). The lowest BCUT2D eigenvalue weighted by atomic mass is 10.3. The van der Waals surface area contributed by atoms with Gasteiger partial charge in [-0.25, -0.2) is 4.98 Å². The molecule has 0 amide bonds. The van der Waals surface area contributed by atoms with Crippen molar-refractivity contribution in [3.63, 3.8) is 0 Å². The lowest BCUT2D eigenvalue weighted by Crippen LogP contribution is -1.85. The summed E-state index contributed by atoms with van der Waals surface area (Å²) < 4.78 is 0. The Morgan fingerprint density at radius 1 is 1.78 bits per heavy atom. The van der Waals surface area contributed by atoms with Crippen molar-refractivity contribution in [3.05, 3.63) is 12.2 Å². The molecule has 1 heterocycles. The van der Waals surface area contributed by atoms with Crippen LogP contribution >= 0.6 is 0 Å². The van der Waals surface area contributed by atoms with Crippen LogP contribution in [0.15, 0.2) is 6.33 Å². The zero-order valence-electron chi connectivity index (χ0n) is 4.96. The number of rotatable bonds is 2. The summed E-state index contributed by atoms with van der Waals surface area (Å²) in [6.45, 7) is 0. The fourth-order valence-electron chi connectivity index (χ4n) is 0.542. The van der Waals surface area contributed by atoms with Crippen molar-refractivity contribution in [2.45, 2.75) is 12.8 Å². The van der Waals surface area contributed by atoms with Crippen LogP contribution in [0.3, 0.4) is 0 Å². The molecule has 3 heteroatoms. The third-order valence-corrected chi connectivity index (χ3v) is 0.971. The van der Waals surface area contributed by atoms with Crippen molar-refractivity contribution in [2.75, 3.05) is 0 Å². The van der Waals surface area contributed by atoms with E-state index in [1.165, 1.54) is 6.33 Å². The molecule has 9 heavy (non-hydrogen) atoms. The second-order valence-electron chi connectivity index (χ2n) is 1.64. The van der Waals surface area contributed by atoms with Crippen LogP contribution in [0.1, 0.15) is 12.2 Å². The molecule has 0 aromatic carbocycles. The van der Waals surface area contributed by atoms with Crippen LogP contribution in [-0.2, 0) is 6.42 Å². The molecule has 0 unspecified atom stereocenters. The minimum absolute atomic E-state index is 0.717. The molecular weight excluding hydrogens is 114 g/mol. The van der Waals surface area contributed by atoms with E-state index in [4.69, 9.17) is 6.42 Å². The Hall–Kier alpha value is -1.30. The van der Waals surface area contributed by atoms with Crippen LogP contribution in [0.25, 0.3) is 0 Å². The maximum Gasteiger partial charge on any atom is 0.137 e. The molecule has 0 aliphatic carbocycles. The molecule has 0 bridgehead atoms. The number of aryl methyl sites for hydroxylation is 1. The van der Waals surface area contributed by atoms with Crippen molar-refractivity contribution in [2.24, 2.45) is 0 Å². The number of hydrogen-bond acceptors (Lipinski definition) is 2. The van der Waals surface area contributed by atoms with E-state index in [9.17, 15) is 0 Å². The van der Waals surface area contributed by atoms with Gasteiger partial charge in [0.25, 0.3) is 0 Å². The number of H-pyrrole nitrogens is 1. The van der Waals surface area contributed by atoms with Gasteiger partial charge in [0, 0.05) is 12.8 Å². The highest BCUT2D eigenvalue weighted by atomic mass is 15.2. The van der Waals surface area contributed by atoms with E-state index in [1.54, 1.807) is 0 Å². The molecule has 3 nitrogen and oxygen atoms in total. The molecule has 0 aliphatic rings.